The van der Waals surface area contributed by atoms with Crippen LogP contribution in [0.5, 0.6) is 10.8 Å². The molecule has 0 fully saturated rings. The Kier molecular flexibility index (Phi) is 2.84. The summed E-state index contributed by atoms with van der Waals surface area (Å²) in [5, 5.41) is 0.966. The van der Waals surface area contributed by atoms with E-state index in [0.717, 1.165) is 17.2 Å². The fourth-order valence-corrected chi connectivity index (χ4v) is 2.02. The molecule has 0 amide bonds. The van der Waals surface area contributed by atoms with E-state index >= 15 is 0 Å². The van der Waals surface area contributed by atoms with Crippen LogP contribution in [0.4, 0.5) is 0 Å². The van der Waals surface area contributed by atoms with Crippen molar-refractivity contribution in [1.29, 1.82) is 0 Å². The summed E-state index contributed by atoms with van der Waals surface area (Å²) in [6, 6.07) is 14.0. The number of rotatable bonds is 3. The number of thiophene rings is 1. The third-order valence-electron chi connectivity index (χ3n) is 1.95. The van der Waals surface area contributed by atoms with Gasteiger partial charge in [-0.15, -0.1) is 11.3 Å². The number of benzene rings is 1. The van der Waals surface area contributed by atoms with E-state index in [2.05, 4.69) is 13.0 Å². The van der Waals surface area contributed by atoms with Gasteiger partial charge in [-0.2, -0.15) is 0 Å². The predicted octanol–water partition coefficient (Wildman–Crippen LogP) is 4.10. The monoisotopic (exact) mass is 204 g/mol. The van der Waals surface area contributed by atoms with Crippen molar-refractivity contribution in [3.8, 4) is 10.8 Å². The Labute approximate surface area is 88.0 Å². The molecule has 1 aromatic carbocycles. The van der Waals surface area contributed by atoms with Gasteiger partial charge in [0.15, 0.2) is 5.06 Å². The molecule has 14 heavy (non-hydrogen) atoms. The second kappa shape index (κ2) is 4.29. The van der Waals surface area contributed by atoms with E-state index in [-0.39, 0.29) is 0 Å². The molecular formula is C12H12OS. The highest BCUT2D eigenvalue weighted by Crippen LogP contribution is 2.29. The van der Waals surface area contributed by atoms with Crippen molar-refractivity contribution in [1.82, 2.24) is 0 Å². The summed E-state index contributed by atoms with van der Waals surface area (Å²) >= 11 is 1.71. The van der Waals surface area contributed by atoms with Crippen LogP contribution in [0.1, 0.15) is 11.8 Å². The standard InChI is InChI=1S/C12H12OS/c1-2-11-8-9-12(14-11)13-10-6-4-3-5-7-10/h3-9H,2H2,1H3. The second-order valence-corrected chi connectivity index (χ2v) is 4.12. The summed E-state index contributed by atoms with van der Waals surface area (Å²) < 4.78 is 5.68. The Hall–Kier alpha value is -1.28. The van der Waals surface area contributed by atoms with E-state index in [4.69, 9.17) is 4.74 Å². The summed E-state index contributed by atoms with van der Waals surface area (Å²) in [4.78, 5) is 1.36. The van der Waals surface area contributed by atoms with Gasteiger partial charge < -0.3 is 4.74 Å². The van der Waals surface area contributed by atoms with Crippen LogP contribution >= 0.6 is 11.3 Å². The fraction of sp³-hybridized carbons (Fsp3) is 0.167. The average Bonchev–Trinajstić information content (AvgIpc) is 2.67. The summed E-state index contributed by atoms with van der Waals surface area (Å²) in [7, 11) is 0. The highest BCUT2D eigenvalue weighted by atomic mass is 32.1. The first-order valence-corrected chi connectivity index (χ1v) is 5.52. The highest BCUT2D eigenvalue weighted by molar-refractivity contribution is 7.13. The van der Waals surface area contributed by atoms with Crippen molar-refractivity contribution >= 4 is 11.3 Å². The van der Waals surface area contributed by atoms with Crippen LogP contribution in [0.2, 0.25) is 0 Å². The molecule has 0 aliphatic carbocycles. The molecule has 0 spiro atoms. The molecule has 1 aromatic heterocycles. The Morgan fingerprint density at radius 2 is 1.86 bits per heavy atom. The zero-order valence-electron chi connectivity index (χ0n) is 8.07. The zero-order valence-corrected chi connectivity index (χ0v) is 8.88. The van der Waals surface area contributed by atoms with E-state index in [1.54, 1.807) is 11.3 Å². The van der Waals surface area contributed by atoms with E-state index in [1.165, 1.54) is 4.88 Å². The van der Waals surface area contributed by atoms with Gasteiger partial charge in [0, 0.05) is 4.88 Å². The van der Waals surface area contributed by atoms with Crippen LogP contribution in [0.15, 0.2) is 42.5 Å². The molecule has 0 unspecified atom stereocenters. The predicted molar refractivity (Wildman–Crippen MR) is 60.2 cm³/mol. The van der Waals surface area contributed by atoms with Crippen molar-refractivity contribution in [3.63, 3.8) is 0 Å². The molecule has 0 atom stereocenters. The molecule has 2 rings (SSSR count). The van der Waals surface area contributed by atoms with Gasteiger partial charge in [-0.25, -0.2) is 0 Å². The van der Waals surface area contributed by atoms with Crippen molar-refractivity contribution in [3.05, 3.63) is 47.3 Å². The first kappa shape index (κ1) is 9.28. The minimum atomic E-state index is 0.900. The molecule has 0 aliphatic rings. The number of para-hydroxylation sites is 1. The van der Waals surface area contributed by atoms with E-state index < -0.39 is 0 Å². The third kappa shape index (κ3) is 2.15. The Morgan fingerprint density at radius 1 is 1.07 bits per heavy atom. The molecule has 0 saturated heterocycles. The zero-order chi connectivity index (χ0) is 9.80. The quantitative estimate of drug-likeness (QED) is 0.731. The van der Waals surface area contributed by atoms with Gasteiger partial charge >= 0.3 is 0 Å². The van der Waals surface area contributed by atoms with E-state index in [9.17, 15) is 0 Å². The Bertz CT molecular complexity index is 392. The van der Waals surface area contributed by atoms with Gasteiger partial charge in [-0.3, -0.25) is 0 Å². The molecule has 72 valence electrons. The number of aryl methyl sites for hydroxylation is 1. The SMILES string of the molecule is CCc1ccc(Oc2ccccc2)s1. The molecule has 0 radical (unpaired) electrons. The lowest BCUT2D eigenvalue weighted by Crippen LogP contribution is -1.78. The molecule has 0 saturated carbocycles. The van der Waals surface area contributed by atoms with Crippen LogP contribution in [-0.2, 0) is 6.42 Å². The van der Waals surface area contributed by atoms with Crippen molar-refractivity contribution in [2.75, 3.05) is 0 Å². The van der Waals surface area contributed by atoms with Crippen molar-refractivity contribution in [2.24, 2.45) is 0 Å². The lowest BCUT2D eigenvalue weighted by molar-refractivity contribution is 0.496. The van der Waals surface area contributed by atoms with Gasteiger partial charge in [0.2, 0.25) is 0 Å². The molecular weight excluding hydrogens is 192 g/mol. The van der Waals surface area contributed by atoms with Crippen molar-refractivity contribution in [2.45, 2.75) is 13.3 Å². The topological polar surface area (TPSA) is 9.23 Å². The van der Waals surface area contributed by atoms with E-state index in [0.29, 0.717) is 0 Å². The van der Waals surface area contributed by atoms with Gasteiger partial charge in [0.25, 0.3) is 0 Å². The molecule has 0 N–H and O–H groups in total. The normalized spacial score (nSPS) is 10.1. The smallest absolute Gasteiger partial charge is 0.181 e. The summed E-state index contributed by atoms with van der Waals surface area (Å²) in [6.45, 7) is 2.15. The third-order valence-corrected chi connectivity index (χ3v) is 3.05. The summed E-state index contributed by atoms with van der Waals surface area (Å²) in [5.74, 6) is 0.900. The number of ether oxygens (including phenoxy) is 1. The minimum Gasteiger partial charge on any atom is -0.447 e. The average molecular weight is 204 g/mol. The minimum absolute atomic E-state index is 0.900. The summed E-state index contributed by atoms with van der Waals surface area (Å²) in [5.41, 5.74) is 0. The molecule has 0 bridgehead atoms. The van der Waals surface area contributed by atoms with E-state index in [1.807, 2.05) is 36.4 Å². The van der Waals surface area contributed by atoms with Crippen molar-refractivity contribution < 1.29 is 4.74 Å². The molecule has 2 aromatic rings. The number of hydrogen-bond acceptors (Lipinski definition) is 2. The molecule has 2 heteroatoms. The van der Waals surface area contributed by atoms with Gasteiger partial charge in [-0.05, 0) is 30.7 Å². The van der Waals surface area contributed by atoms with Crippen LogP contribution < -0.4 is 4.74 Å². The maximum atomic E-state index is 5.68. The van der Waals surface area contributed by atoms with Crippen LogP contribution in [-0.4, -0.2) is 0 Å². The maximum Gasteiger partial charge on any atom is 0.181 e. The molecule has 1 heterocycles. The van der Waals surface area contributed by atoms with Crippen LogP contribution in [0.25, 0.3) is 0 Å². The van der Waals surface area contributed by atoms with Crippen LogP contribution in [0.3, 0.4) is 0 Å². The van der Waals surface area contributed by atoms with Gasteiger partial charge in [0.05, 0.1) is 0 Å². The Morgan fingerprint density at radius 3 is 2.50 bits per heavy atom. The lowest BCUT2D eigenvalue weighted by atomic mass is 10.3. The van der Waals surface area contributed by atoms with Crippen LogP contribution in [0, 0.1) is 0 Å². The first-order valence-electron chi connectivity index (χ1n) is 4.70. The van der Waals surface area contributed by atoms with Gasteiger partial charge in [0.1, 0.15) is 5.75 Å². The Balaban J connectivity index is 2.11. The fourth-order valence-electron chi connectivity index (χ4n) is 1.21. The largest absolute Gasteiger partial charge is 0.447 e. The highest BCUT2D eigenvalue weighted by Gasteiger charge is 1.99. The maximum absolute atomic E-state index is 5.68. The molecule has 0 aliphatic heterocycles. The first-order chi connectivity index (χ1) is 6.88. The second-order valence-electron chi connectivity index (χ2n) is 2.99. The molecule has 1 nitrogen and oxygen atoms in total. The summed E-state index contributed by atoms with van der Waals surface area (Å²) in [6.07, 6.45) is 1.07. The number of hydrogen-bond donors (Lipinski definition) is 0. The van der Waals surface area contributed by atoms with Gasteiger partial charge in [-0.1, -0.05) is 25.1 Å². The lowest BCUT2D eigenvalue weighted by Gasteiger charge is -2.00.